The van der Waals surface area contributed by atoms with Gasteiger partial charge in [-0.3, -0.25) is 0 Å². The van der Waals surface area contributed by atoms with Gasteiger partial charge >= 0.3 is 0 Å². The molecular formula is C26H29N5O2S. The summed E-state index contributed by atoms with van der Waals surface area (Å²) in [5.41, 5.74) is 4.65. The molecule has 2 aromatic carbocycles. The first kappa shape index (κ1) is 22.6. The average molecular weight is 476 g/mol. The Labute approximate surface area is 203 Å². The van der Waals surface area contributed by atoms with Gasteiger partial charge in [-0.15, -0.1) is 11.3 Å². The molecule has 0 spiro atoms. The number of rotatable bonds is 7. The van der Waals surface area contributed by atoms with Gasteiger partial charge in [0.25, 0.3) is 0 Å². The molecule has 1 saturated carbocycles. The van der Waals surface area contributed by atoms with Crippen molar-refractivity contribution in [3.05, 3.63) is 53.7 Å². The van der Waals surface area contributed by atoms with Crippen LogP contribution < -0.4 is 15.4 Å². The number of hydrogen-bond acceptors (Lipinski definition) is 8. The lowest BCUT2D eigenvalue weighted by molar-refractivity contribution is 0.229. The van der Waals surface area contributed by atoms with Crippen LogP contribution in [0.4, 0.5) is 17.5 Å². The lowest BCUT2D eigenvalue weighted by atomic mass is 10.1. The zero-order chi connectivity index (χ0) is 23.7. The third-order valence-electron chi connectivity index (χ3n) is 6.43. The van der Waals surface area contributed by atoms with Gasteiger partial charge in [0.15, 0.2) is 0 Å². The molecule has 1 aliphatic rings. The van der Waals surface area contributed by atoms with Crippen molar-refractivity contribution in [2.24, 2.45) is 5.92 Å². The monoisotopic (exact) mass is 475 g/mol. The molecule has 7 nitrogen and oxygen atoms in total. The van der Waals surface area contributed by atoms with Gasteiger partial charge < -0.3 is 20.5 Å². The number of fused-ring (bicyclic) bond motifs is 1. The second-order valence-electron chi connectivity index (χ2n) is 8.82. The van der Waals surface area contributed by atoms with E-state index in [1.165, 1.54) is 0 Å². The highest BCUT2D eigenvalue weighted by atomic mass is 32.1. The largest absolute Gasteiger partial charge is 0.495 e. The minimum Gasteiger partial charge on any atom is -0.495 e. The molecule has 1 aliphatic carbocycles. The molecule has 2 heterocycles. The van der Waals surface area contributed by atoms with Crippen LogP contribution in [0.1, 0.15) is 30.5 Å². The van der Waals surface area contributed by atoms with Crippen LogP contribution in [0.3, 0.4) is 0 Å². The molecular weight excluding hydrogens is 446 g/mol. The fourth-order valence-electron chi connectivity index (χ4n) is 4.62. The number of thiazole rings is 1. The predicted octanol–water partition coefficient (Wildman–Crippen LogP) is 5.70. The van der Waals surface area contributed by atoms with Crippen molar-refractivity contribution >= 4 is 39.0 Å². The molecule has 2 atom stereocenters. The lowest BCUT2D eigenvalue weighted by Crippen LogP contribution is -2.19. The van der Waals surface area contributed by atoms with Crippen molar-refractivity contribution in [2.45, 2.75) is 39.2 Å². The van der Waals surface area contributed by atoms with Gasteiger partial charge in [0, 0.05) is 12.6 Å². The normalized spacial score (nSPS) is 17.8. The molecule has 34 heavy (non-hydrogen) atoms. The number of ether oxygens (including phenoxy) is 1. The maximum Gasteiger partial charge on any atom is 0.229 e. The third kappa shape index (κ3) is 4.43. The van der Waals surface area contributed by atoms with Crippen LogP contribution >= 0.6 is 11.3 Å². The van der Waals surface area contributed by atoms with Crippen LogP contribution in [-0.2, 0) is 0 Å². The molecule has 0 radical (unpaired) electrons. The van der Waals surface area contributed by atoms with E-state index < -0.39 is 0 Å². The van der Waals surface area contributed by atoms with Gasteiger partial charge in [-0.2, -0.15) is 4.98 Å². The van der Waals surface area contributed by atoms with E-state index in [1.807, 2.05) is 50.2 Å². The molecule has 0 unspecified atom stereocenters. The second-order valence-corrected chi connectivity index (χ2v) is 9.85. The summed E-state index contributed by atoms with van der Waals surface area (Å²) in [5.74, 6) is 2.35. The predicted molar refractivity (Wildman–Crippen MR) is 138 cm³/mol. The molecule has 8 heteroatoms. The maximum absolute atomic E-state index is 9.61. The van der Waals surface area contributed by atoms with Gasteiger partial charge in [0.2, 0.25) is 5.95 Å². The van der Waals surface area contributed by atoms with Crippen LogP contribution in [0.5, 0.6) is 5.75 Å². The summed E-state index contributed by atoms with van der Waals surface area (Å²) in [5, 5.41) is 17.5. The molecule has 1 fully saturated rings. The summed E-state index contributed by atoms with van der Waals surface area (Å²) in [6.45, 7) is 4.26. The number of nitrogens with zero attached hydrogens (tertiary/aromatic N) is 3. The van der Waals surface area contributed by atoms with Crippen molar-refractivity contribution in [1.82, 2.24) is 15.0 Å². The van der Waals surface area contributed by atoms with E-state index in [2.05, 4.69) is 16.7 Å². The van der Waals surface area contributed by atoms with E-state index in [-0.39, 0.29) is 12.6 Å². The Kier molecular flexibility index (Phi) is 6.34. The summed E-state index contributed by atoms with van der Waals surface area (Å²) in [6, 6.07) is 14.3. The first-order valence-electron chi connectivity index (χ1n) is 11.6. The molecule has 176 valence electrons. The van der Waals surface area contributed by atoms with E-state index in [0.29, 0.717) is 11.9 Å². The number of anilines is 3. The summed E-state index contributed by atoms with van der Waals surface area (Å²) in [7, 11) is 1.66. The Balaban J connectivity index is 1.57. The van der Waals surface area contributed by atoms with E-state index in [4.69, 9.17) is 19.7 Å². The zero-order valence-electron chi connectivity index (χ0n) is 19.6. The number of aliphatic hydroxyl groups excluding tert-OH is 1. The molecule has 0 bridgehead atoms. The molecule has 0 aliphatic heterocycles. The van der Waals surface area contributed by atoms with E-state index in [1.54, 1.807) is 18.4 Å². The number of benzene rings is 2. The Bertz CT molecular complexity index is 1290. The smallest absolute Gasteiger partial charge is 0.229 e. The van der Waals surface area contributed by atoms with Crippen LogP contribution in [0, 0.1) is 19.8 Å². The number of aryl methyl sites for hydroxylation is 2. The standard InChI is InChI=1S/C26H29N5O2S/c1-15-7-6-9-20(33-3)23(15)30-26-27-16(2)22(25-29-19-8-4-5-10-21(19)34-25)24(31-26)28-18-12-11-17(13-18)14-32/h4-10,17-18,32H,11-14H2,1-3H3,(H2,27,28,30,31)/t17-,18+/m1/s1. The van der Waals surface area contributed by atoms with Crippen molar-refractivity contribution in [2.75, 3.05) is 24.4 Å². The van der Waals surface area contributed by atoms with Gasteiger partial charge in [-0.1, -0.05) is 24.3 Å². The number of aliphatic hydroxyl groups is 1. The van der Waals surface area contributed by atoms with Gasteiger partial charge in [-0.25, -0.2) is 9.97 Å². The van der Waals surface area contributed by atoms with E-state index in [0.717, 1.165) is 68.6 Å². The first-order chi connectivity index (χ1) is 16.6. The number of hydrogen-bond donors (Lipinski definition) is 3. The minimum atomic E-state index is 0.228. The molecule has 5 rings (SSSR count). The van der Waals surface area contributed by atoms with Gasteiger partial charge in [0.05, 0.1) is 34.3 Å². The summed E-state index contributed by atoms with van der Waals surface area (Å²) in [4.78, 5) is 14.6. The molecule has 2 aromatic heterocycles. The Morgan fingerprint density at radius 2 is 1.91 bits per heavy atom. The Morgan fingerprint density at radius 3 is 2.68 bits per heavy atom. The zero-order valence-corrected chi connectivity index (χ0v) is 20.4. The Hall–Kier alpha value is -3.23. The van der Waals surface area contributed by atoms with Gasteiger partial charge in [-0.05, 0) is 62.8 Å². The SMILES string of the molecule is COc1cccc(C)c1Nc1nc(C)c(-c2nc3ccccc3s2)c(N[C@H]2CC[C@@H](CO)C2)n1. The molecule has 4 aromatic rings. The second kappa shape index (κ2) is 9.56. The maximum atomic E-state index is 9.61. The van der Waals surface area contributed by atoms with Crippen molar-refractivity contribution in [3.8, 4) is 16.3 Å². The van der Waals surface area contributed by atoms with E-state index in [9.17, 15) is 5.11 Å². The molecule has 3 N–H and O–H groups in total. The van der Waals surface area contributed by atoms with Crippen LogP contribution in [0.2, 0.25) is 0 Å². The fourth-order valence-corrected chi connectivity index (χ4v) is 5.68. The number of aromatic nitrogens is 3. The highest BCUT2D eigenvalue weighted by Gasteiger charge is 2.27. The quantitative estimate of drug-likeness (QED) is 0.316. The van der Waals surface area contributed by atoms with Gasteiger partial charge in [0.1, 0.15) is 16.6 Å². The lowest BCUT2D eigenvalue weighted by Gasteiger charge is -2.19. The average Bonchev–Trinajstić information content (AvgIpc) is 3.46. The number of methoxy groups -OCH3 is 1. The fraction of sp³-hybridized carbons (Fsp3) is 0.346. The topological polar surface area (TPSA) is 92.2 Å². The minimum absolute atomic E-state index is 0.228. The van der Waals surface area contributed by atoms with E-state index >= 15 is 0 Å². The van der Waals surface area contributed by atoms with Crippen molar-refractivity contribution < 1.29 is 9.84 Å². The summed E-state index contributed by atoms with van der Waals surface area (Å²) < 4.78 is 6.69. The van der Waals surface area contributed by atoms with Crippen LogP contribution in [0.25, 0.3) is 20.8 Å². The molecule has 0 amide bonds. The number of nitrogens with one attached hydrogen (secondary N) is 2. The van der Waals surface area contributed by atoms with Crippen LogP contribution in [-0.4, -0.2) is 39.8 Å². The summed E-state index contributed by atoms with van der Waals surface area (Å²) >= 11 is 1.65. The third-order valence-corrected chi connectivity index (χ3v) is 7.48. The molecule has 0 saturated heterocycles. The van der Waals surface area contributed by atoms with Crippen molar-refractivity contribution in [1.29, 1.82) is 0 Å². The highest BCUT2D eigenvalue weighted by molar-refractivity contribution is 7.21. The Morgan fingerprint density at radius 1 is 1.06 bits per heavy atom. The summed E-state index contributed by atoms with van der Waals surface area (Å²) in [6.07, 6.45) is 2.94. The first-order valence-corrected chi connectivity index (χ1v) is 12.4. The number of para-hydroxylation sites is 2. The van der Waals surface area contributed by atoms with Crippen LogP contribution in [0.15, 0.2) is 42.5 Å². The van der Waals surface area contributed by atoms with Crippen molar-refractivity contribution in [3.63, 3.8) is 0 Å². The highest BCUT2D eigenvalue weighted by Crippen LogP contribution is 2.39.